The molecule has 0 saturated carbocycles. The van der Waals surface area contributed by atoms with Gasteiger partial charge in [0.15, 0.2) is 0 Å². The summed E-state index contributed by atoms with van der Waals surface area (Å²) in [6, 6.07) is 0. The van der Waals surface area contributed by atoms with Gasteiger partial charge >= 0.3 is 24.7 Å². The molecule has 0 atom stereocenters. The van der Waals surface area contributed by atoms with E-state index in [2.05, 4.69) is 15.9 Å². The lowest BCUT2D eigenvalue weighted by molar-refractivity contribution is -0.356. The summed E-state index contributed by atoms with van der Waals surface area (Å²) in [5, 5.41) is -0.252. The van der Waals surface area contributed by atoms with Gasteiger partial charge in [-0.3, -0.25) is 0 Å². The second kappa shape index (κ2) is 8.09. The summed E-state index contributed by atoms with van der Waals surface area (Å²) >= 11 is 2.62. The minimum Gasteiger partial charge on any atom is -0.224 e. The van der Waals surface area contributed by atoms with Crippen molar-refractivity contribution in [1.82, 2.24) is 0 Å². The van der Waals surface area contributed by atoms with Crippen molar-refractivity contribution in [2.75, 3.05) is 5.33 Å². The highest BCUT2D eigenvalue weighted by Crippen LogP contribution is 2.54. The lowest BCUT2D eigenvalue weighted by Gasteiger charge is -2.37. The lowest BCUT2D eigenvalue weighted by atomic mass is 9.80. The molecule has 0 fully saturated rings. The summed E-state index contributed by atoms with van der Waals surface area (Å²) in [5.74, 6) is -2.87. The molecular weight excluding hydrogens is 490 g/mol. The van der Waals surface area contributed by atoms with E-state index in [4.69, 9.17) is 0 Å². The molecule has 0 N–H and O–H groups in total. The predicted molar refractivity (Wildman–Crippen MR) is 67.6 cm³/mol. The summed E-state index contributed by atoms with van der Waals surface area (Å²) in [5.41, 5.74) is -12.2. The molecule has 164 valence electrons. The molecule has 0 aliphatic carbocycles. The minimum atomic E-state index is -6.69. The second-order valence-corrected chi connectivity index (χ2v) is 6.49. The van der Waals surface area contributed by atoms with Crippen molar-refractivity contribution in [3.05, 3.63) is 0 Å². The normalized spacial score (nSPS) is 15.6. The number of rotatable bonds is 7. The van der Waals surface area contributed by atoms with E-state index >= 15 is 0 Å². The van der Waals surface area contributed by atoms with Crippen LogP contribution in [0.5, 0.6) is 0 Å². The maximum atomic E-state index is 13.7. The fraction of sp³-hybridized carbons (Fsp3) is 1.00. The second-order valence-electron chi connectivity index (χ2n) is 5.70. The Balaban J connectivity index is 6.07. The molecule has 0 nitrogen and oxygen atoms in total. The maximum absolute atomic E-state index is 13.7. The highest BCUT2D eigenvalue weighted by molar-refractivity contribution is 9.09. The average molecular weight is 501 g/mol. The molecule has 0 heterocycles. The van der Waals surface area contributed by atoms with Crippen LogP contribution in [0, 0.1) is 5.92 Å². The Morgan fingerprint density at radius 3 is 0.963 bits per heavy atom. The quantitative estimate of drug-likeness (QED) is 0.255. The molecule has 0 aromatic heterocycles. The summed E-state index contributed by atoms with van der Waals surface area (Å²) in [4.78, 5) is 0. The minimum absolute atomic E-state index is 0.252. The molecule has 15 heteroatoms. The van der Waals surface area contributed by atoms with Crippen molar-refractivity contribution in [3.63, 3.8) is 0 Å². The van der Waals surface area contributed by atoms with Crippen molar-refractivity contribution in [3.8, 4) is 0 Å². The molecule has 0 radical (unpaired) electrons. The highest BCUT2D eigenvalue weighted by Gasteiger charge is 2.75. The first-order valence-electron chi connectivity index (χ1n) is 6.84. The number of alkyl halides is 15. The first-order chi connectivity index (χ1) is 11.6. The topological polar surface area (TPSA) is 0 Å². The van der Waals surface area contributed by atoms with Crippen LogP contribution >= 0.6 is 15.9 Å². The van der Waals surface area contributed by atoms with Crippen molar-refractivity contribution < 1.29 is 61.5 Å². The summed E-state index contributed by atoms with van der Waals surface area (Å²) in [6.45, 7) is 0. The van der Waals surface area contributed by atoms with Crippen LogP contribution in [0.3, 0.4) is 0 Å². The van der Waals surface area contributed by atoms with Gasteiger partial charge in [0.1, 0.15) is 0 Å². The van der Waals surface area contributed by atoms with Crippen LogP contribution in [-0.2, 0) is 0 Å². The molecule has 0 rings (SSSR count). The van der Waals surface area contributed by atoms with Gasteiger partial charge in [0, 0.05) is 18.2 Å². The maximum Gasteiger partial charge on any atom is 0.431 e. The van der Waals surface area contributed by atoms with Crippen LogP contribution in [0.2, 0.25) is 0 Å². The van der Waals surface area contributed by atoms with Gasteiger partial charge < -0.3 is 0 Å². The van der Waals surface area contributed by atoms with Gasteiger partial charge in [-0.05, 0) is 18.8 Å². The van der Waals surface area contributed by atoms with Crippen LogP contribution in [0.4, 0.5) is 61.5 Å². The number of hydrogen-bond donors (Lipinski definition) is 0. The van der Waals surface area contributed by atoms with E-state index in [1.807, 2.05) is 0 Å². The van der Waals surface area contributed by atoms with Crippen LogP contribution in [0.1, 0.15) is 25.7 Å². The molecular formula is C12H11BrF14. The number of halogens is 15. The zero-order valence-corrected chi connectivity index (χ0v) is 14.4. The Labute approximate surface area is 151 Å². The van der Waals surface area contributed by atoms with Gasteiger partial charge in [-0.2, -0.15) is 52.7 Å². The van der Waals surface area contributed by atoms with E-state index in [1.54, 1.807) is 0 Å². The van der Waals surface area contributed by atoms with Crippen LogP contribution in [0.25, 0.3) is 0 Å². The van der Waals surface area contributed by atoms with Gasteiger partial charge in [-0.15, -0.1) is 0 Å². The van der Waals surface area contributed by atoms with E-state index in [0.29, 0.717) is 0 Å². The van der Waals surface area contributed by atoms with Gasteiger partial charge in [0.25, 0.3) is 11.3 Å². The highest BCUT2D eigenvalue weighted by atomic mass is 79.9. The predicted octanol–water partition coefficient (Wildman–Crippen LogP) is 7.22. The van der Waals surface area contributed by atoms with Crippen molar-refractivity contribution in [2.45, 2.75) is 61.7 Å². The Morgan fingerprint density at radius 1 is 0.519 bits per heavy atom. The molecule has 27 heavy (non-hydrogen) atoms. The molecule has 0 aromatic rings. The van der Waals surface area contributed by atoms with E-state index in [9.17, 15) is 61.5 Å². The largest absolute Gasteiger partial charge is 0.431 e. The summed E-state index contributed by atoms with van der Waals surface area (Å²) in [7, 11) is 0. The van der Waals surface area contributed by atoms with Crippen molar-refractivity contribution >= 4 is 15.9 Å². The Kier molecular flexibility index (Phi) is 7.94. The third kappa shape index (κ3) is 5.75. The van der Waals surface area contributed by atoms with Crippen molar-refractivity contribution in [1.29, 1.82) is 0 Å². The zero-order chi connectivity index (χ0) is 22.1. The summed E-state index contributed by atoms with van der Waals surface area (Å²) < 4.78 is 178. The molecule has 0 unspecified atom stereocenters. The van der Waals surface area contributed by atoms with Crippen LogP contribution in [0.15, 0.2) is 0 Å². The Hall–Kier alpha value is -0.500. The molecule has 0 bridgehead atoms. The van der Waals surface area contributed by atoms with E-state index in [1.165, 1.54) is 0 Å². The van der Waals surface area contributed by atoms with E-state index < -0.39 is 67.6 Å². The molecule has 0 aliphatic rings. The molecule has 0 amide bonds. The van der Waals surface area contributed by atoms with Gasteiger partial charge in [-0.25, -0.2) is 8.78 Å². The average Bonchev–Trinajstić information content (AvgIpc) is 2.39. The fourth-order valence-electron chi connectivity index (χ4n) is 2.22. The van der Waals surface area contributed by atoms with Crippen molar-refractivity contribution in [2.24, 2.45) is 5.92 Å². The molecule has 0 aliphatic heterocycles. The Bertz CT molecular complexity index is 402. The van der Waals surface area contributed by atoms with E-state index in [0.717, 1.165) is 0 Å². The first-order valence-corrected chi connectivity index (χ1v) is 7.97. The third-order valence-electron chi connectivity index (χ3n) is 3.68. The zero-order valence-electron chi connectivity index (χ0n) is 12.8. The van der Waals surface area contributed by atoms with Gasteiger partial charge in [0.05, 0.1) is 0 Å². The van der Waals surface area contributed by atoms with E-state index in [-0.39, 0.29) is 5.33 Å². The smallest absolute Gasteiger partial charge is 0.224 e. The fourth-order valence-corrected chi connectivity index (χ4v) is 2.55. The van der Waals surface area contributed by atoms with Crippen LogP contribution < -0.4 is 0 Å². The van der Waals surface area contributed by atoms with Gasteiger partial charge in [0.2, 0.25) is 0 Å². The molecule has 0 saturated heterocycles. The Morgan fingerprint density at radius 2 is 0.778 bits per heavy atom. The SMILES string of the molecule is FC(F)(F)C(F)(CC(CCCBr)CC(F)(C(F)(F)F)C(F)(F)F)C(F)(F)F. The third-order valence-corrected chi connectivity index (χ3v) is 4.24. The van der Waals surface area contributed by atoms with Crippen LogP contribution in [-0.4, -0.2) is 41.4 Å². The molecule has 0 spiro atoms. The van der Waals surface area contributed by atoms with Gasteiger partial charge in [-0.1, -0.05) is 15.9 Å². The first kappa shape index (κ1) is 26.5. The number of hydrogen-bond acceptors (Lipinski definition) is 0. The molecule has 0 aromatic carbocycles. The lowest BCUT2D eigenvalue weighted by Crippen LogP contribution is -2.57. The standard InChI is InChI=1S/C12H11BrF14/c13-3-1-2-6(4-7(14,9(16,17)18)10(19,20)21)5-8(15,11(22,23)24)12(25,26)27/h6H,1-5H2. The monoisotopic (exact) mass is 500 g/mol. The summed E-state index contributed by atoms with van der Waals surface area (Å²) in [6.07, 6.45) is -34.1.